The molecule has 1 aliphatic rings. The van der Waals surface area contributed by atoms with Crippen molar-refractivity contribution < 1.29 is 9.84 Å². The van der Waals surface area contributed by atoms with Crippen molar-refractivity contribution >= 4 is 0 Å². The largest absolute Gasteiger partial charge is 0.396 e. The molecule has 16 heavy (non-hydrogen) atoms. The smallest absolute Gasteiger partial charge is 0.154 e. The van der Waals surface area contributed by atoms with Crippen molar-refractivity contribution in [3.63, 3.8) is 0 Å². The maximum absolute atomic E-state index is 9.29. The van der Waals surface area contributed by atoms with E-state index in [2.05, 4.69) is 13.0 Å². The first-order valence-corrected chi connectivity index (χ1v) is 6.42. The predicted octanol–water partition coefficient (Wildman–Crippen LogP) is 2.64. The van der Waals surface area contributed by atoms with Gasteiger partial charge in [0.25, 0.3) is 0 Å². The Morgan fingerprint density at radius 2 is 2.25 bits per heavy atom. The van der Waals surface area contributed by atoms with Gasteiger partial charge in [0.1, 0.15) is 0 Å². The van der Waals surface area contributed by atoms with E-state index in [1.165, 1.54) is 12.8 Å². The van der Waals surface area contributed by atoms with E-state index in [4.69, 9.17) is 9.84 Å². The Morgan fingerprint density at radius 1 is 1.44 bits per heavy atom. The first kappa shape index (κ1) is 13.5. The molecule has 0 aromatic rings. The molecule has 0 radical (unpaired) electrons. The van der Waals surface area contributed by atoms with Crippen LogP contribution in [0.5, 0.6) is 0 Å². The standard InChI is InChI=1S/C13H23NO2/c1-2-12-5-3-7-13(11-14,8-6-12)16-10-4-9-15/h12,15H,2-10H2,1H3. The highest BCUT2D eigenvalue weighted by molar-refractivity contribution is 5.03. The average molecular weight is 225 g/mol. The van der Waals surface area contributed by atoms with Gasteiger partial charge in [-0.1, -0.05) is 19.8 Å². The molecule has 0 bridgehead atoms. The van der Waals surface area contributed by atoms with Gasteiger partial charge in [-0.15, -0.1) is 0 Å². The molecule has 3 heteroatoms. The van der Waals surface area contributed by atoms with Gasteiger partial charge >= 0.3 is 0 Å². The first-order valence-electron chi connectivity index (χ1n) is 6.42. The third-order valence-electron chi connectivity index (χ3n) is 3.61. The molecule has 2 unspecified atom stereocenters. The maximum atomic E-state index is 9.29. The molecule has 3 nitrogen and oxygen atoms in total. The van der Waals surface area contributed by atoms with E-state index < -0.39 is 5.60 Å². The van der Waals surface area contributed by atoms with Crippen molar-refractivity contribution in [2.75, 3.05) is 13.2 Å². The maximum Gasteiger partial charge on any atom is 0.154 e. The van der Waals surface area contributed by atoms with E-state index in [1.807, 2.05) is 0 Å². The second-order valence-electron chi connectivity index (χ2n) is 4.74. The number of hydrogen-bond donors (Lipinski definition) is 1. The Hall–Kier alpha value is -0.590. The van der Waals surface area contributed by atoms with Crippen molar-refractivity contribution in [2.24, 2.45) is 5.92 Å². The predicted molar refractivity (Wildman–Crippen MR) is 62.9 cm³/mol. The van der Waals surface area contributed by atoms with E-state index in [0.29, 0.717) is 13.0 Å². The fourth-order valence-corrected chi connectivity index (χ4v) is 2.41. The Balaban J connectivity index is 2.48. The lowest BCUT2D eigenvalue weighted by molar-refractivity contribution is -0.0190. The third kappa shape index (κ3) is 3.77. The molecule has 1 N–H and O–H groups in total. The number of rotatable bonds is 5. The molecule has 0 spiro atoms. The quantitative estimate of drug-likeness (QED) is 0.578. The Morgan fingerprint density at radius 3 is 2.88 bits per heavy atom. The Bertz CT molecular complexity index is 237. The van der Waals surface area contributed by atoms with Crippen LogP contribution in [-0.2, 0) is 4.74 Å². The number of ether oxygens (including phenoxy) is 1. The number of nitrogens with zero attached hydrogens (tertiary/aromatic N) is 1. The van der Waals surface area contributed by atoms with Crippen LogP contribution in [0.2, 0.25) is 0 Å². The van der Waals surface area contributed by atoms with Gasteiger partial charge in [-0.2, -0.15) is 5.26 Å². The highest BCUT2D eigenvalue weighted by Crippen LogP contribution is 2.34. The lowest BCUT2D eigenvalue weighted by atomic mass is 9.94. The van der Waals surface area contributed by atoms with Gasteiger partial charge in [-0.3, -0.25) is 0 Å². The summed E-state index contributed by atoms with van der Waals surface area (Å²) in [6.07, 6.45) is 6.95. The van der Waals surface area contributed by atoms with Gasteiger partial charge < -0.3 is 9.84 Å². The highest BCUT2D eigenvalue weighted by atomic mass is 16.5. The molecule has 1 aliphatic carbocycles. The van der Waals surface area contributed by atoms with E-state index in [1.54, 1.807) is 0 Å². The fraction of sp³-hybridized carbons (Fsp3) is 0.923. The van der Waals surface area contributed by atoms with Crippen LogP contribution in [0.25, 0.3) is 0 Å². The van der Waals surface area contributed by atoms with Crippen LogP contribution in [0.1, 0.15) is 51.9 Å². The summed E-state index contributed by atoms with van der Waals surface area (Å²) in [5, 5.41) is 18.0. The minimum absolute atomic E-state index is 0.138. The number of nitriles is 1. The van der Waals surface area contributed by atoms with Gasteiger partial charge in [0.2, 0.25) is 0 Å². The topological polar surface area (TPSA) is 53.2 Å². The van der Waals surface area contributed by atoms with E-state index >= 15 is 0 Å². The Kier molecular flexibility index (Phi) is 5.79. The van der Waals surface area contributed by atoms with Crippen molar-refractivity contribution in [3.05, 3.63) is 0 Å². The van der Waals surface area contributed by atoms with Crippen LogP contribution < -0.4 is 0 Å². The normalized spacial score (nSPS) is 30.7. The van der Waals surface area contributed by atoms with Gasteiger partial charge in [0.05, 0.1) is 12.7 Å². The summed E-state index contributed by atoms with van der Waals surface area (Å²) in [6.45, 7) is 2.86. The number of aliphatic hydroxyl groups excluding tert-OH is 1. The molecule has 0 amide bonds. The molecule has 1 rings (SSSR count). The summed E-state index contributed by atoms with van der Waals surface area (Å²) < 4.78 is 5.71. The molecule has 0 aromatic carbocycles. The summed E-state index contributed by atoms with van der Waals surface area (Å²) in [5.41, 5.74) is -0.570. The molecule has 2 atom stereocenters. The van der Waals surface area contributed by atoms with Crippen LogP contribution in [-0.4, -0.2) is 23.9 Å². The van der Waals surface area contributed by atoms with Gasteiger partial charge in [-0.05, 0) is 38.0 Å². The molecule has 0 saturated heterocycles. The summed E-state index contributed by atoms with van der Waals surface area (Å²) >= 11 is 0. The molecule has 0 aromatic heterocycles. The molecule has 0 aliphatic heterocycles. The number of hydrogen-bond acceptors (Lipinski definition) is 3. The monoisotopic (exact) mass is 225 g/mol. The fourth-order valence-electron chi connectivity index (χ4n) is 2.41. The summed E-state index contributed by atoms with van der Waals surface area (Å²) in [7, 11) is 0. The van der Waals surface area contributed by atoms with Crippen molar-refractivity contribution in [1.82, 2.24) is 0 Å². The van der Waals surface area contributed by atoms with Crippen LogP contribution in [0, 0.1) is 17.2 Å². The number of aliphatic hydroxyl groups is 1. The SMILES string of the molecule is CCC1CCCC(C#N)(OCCCO)CC1. The van der Waals surface area contributed by atoms with Crippen LogP contribution in [0.15, 0.2) is 0 Å². The second kappa shape index (κ2) is 6.88. The molecular formula is C13H23NO2. The summed E-state index contributed by atoms with van der Waals surface area (Å²) in [4.78, 5) is 0. The zero-order valence-corrected chi connectivity index (χ0v) is 10.2. The van der Waals surface area contributed by atoms with Crippen LogP contribution >= 0.6 is 0 Å². The van der Waals surface area contributed by atoms with Crippen LogP contribution in [0.4, 0.5) is 0 Å². The van der Waals surface area contributed by atoms with E-state index in [-0.39, 0.29) is 6.61 Å². The highest BCUT2D eigenvalue weighted by Gasteiger charge is 2.33. The molecule has 1 saturated carbocycles. The van der Waals surface area contributed by atoms with E-state index in [9.17, 15) is 5.26 Å². The lowest BCUT2D eigenvalue weighted by Gasteiger charge is -2.25. The Labute approximate surface area is 98.4 Å². The molecule has 92 valence electrons. The van der Waals surface area contributed by atoms with Crippen LogP contribution in [0.3, 0.4) is 0 Å². The van der Waals surface area contributed by atoms with E-state index in [0.717, 1.165) is 31.6 Å². The summed E-state index contributed by atoms with van der Waals surface area (Å²) in [5.74, 6) is 0.761. The van der Waals surface area contributed by atoms with Crippen molar-refractivity contribution in [3.8, 4) is 6.07 Å². The second-order valence-corrected chi connectivity index (χ2v) is 4.74. The van der Waals surface area contributed by atoms with Gasteiger partial charge in [-0.25, -0.2) is 0 Å². The zero-order valence-electron chi connectivity index (χ0n) is 10.2. The minimum Gasteiger partial charge on any atom is -0.396 e. The van der Waals surface area contributed by atoms with Crippen molar-refractivity contribution in [2.45, 2.75) is 57.5 Å². The first-order chi connectivity index (χ1) is 7.76. The molecular weight excluding hydrogens is 202 g/mol. The van der Waals surface area contributed by atoms with Gasteiger partial charge in [0, 0.05) is 6.61 Å². The molecule has 1 fully saturated rings. The average Bonchev–Trinajstić information content (AvgIpc) is 2.52. The zero-order chi connectivity index (χ0) is 11.9. The summed E-state index contributed by atoms with van der Waals surface area (Å²) in [6, 6.07) is 2.36. The minimum atomic E-state index is -0.570. The third-order valence-corrected chi connectivity index (χ3v) is 3.61. The van der Waals surface area contributed by atoms with Gasteiger partial charge in [0.15, 0.2) is 5.60 Å². The van der Waals surface area contributed by atoms with Crippen molar-refractivity contribution in [1.29, 1.82) is 5.26 Å². The lowest BCUT2D eigenvalue weighted by Crippen LogP contribution is -2.30. The molecule has 0 heterocycles.